The van der Waals surface area contributed by atoms with E-state index in [0.717, 1.165) is 25.7 Å². The summed E-state index contributed by atoms with van der Waals surface area (Å²) >= 11 is 0. The molecule has 33 heavy (non-hydrogen) atoms. The Kier molecular flexibility index (Phi) is 7.27. The molecule has 0 radical (unpaired) electrons. The van der Waals surface area contributed by atoms with Gasteiger partial charge in [-0.2, -0.15) is 0 Å². The topological polar surface area (TPSA) is 95.9 Å². The minimum Gasteiger partial charge on any atom is -0.480 e. The van der Waals surface area contributed by atoms with Crippen molar-refractivity contribution < 1.29 is 24.2 Å². The third-order valence-electron chi connectivity index (χ3n) is 6.29. The van der Waals surface area contributed by atoms with Gasteiger partial charge in [0.15, 0.2) is 0 Å². The Morgan fingerprint density at radius 2 is 1.58 bits per heavy atom. The molecule has 0 bridgehead atoms. The van der Waals surface area contributed by atoms with Gasteiger partial charge in [0.05, 0.1) is 0 Å². The molecule has 0 unspecified atom stereocenters. The number of carbonyl (C=O) groups excluding carboxylic acids is 2. The lowest BCUT2D eigenvalue weighted by Gasteiger charge is -2.20. The van der Waals surface area contributed by atoms with E-state index >= 15 is 0 Å². The van der Waals surface area contributed by atoms with Crippen molar-refractivity contribution in [3.63, 3.8) is 0 Å². The first kappa shape index (κ1) is 22.8. The molecule has 0 spiro atoms. The van der Waals surface area contributed by atoms with Crippen LogP contribution in [0.5, 0.6) is 0 Å². The molecule has 4 rings (SSSR count). The van der Waals surface area contributed by atoms with Crippen LogP contribution in [-0.2, 0) is 14.3 Å². The number of amides is 2. The zero-order valence-electron chi connectivity index (χ0n) is 18.7. The minimum atomic E-state index is -0.970. The first-order valence-corrected chi connectivity index (χ1v) is 11.6. The average Bonchev–Trinajstić information content (AvgIpc) is 3.60. The summed E-state index contributed by atoms with van der Waals surface area (Å²) in [6.07, 6.45) is 3.88. The number of carboxylic acid groups (broad SMARTS) is 1. The summed E-state index contributed by atoms with van der Waals surface area (Å²) in [5.74, 6) is -1.03. The number of aliphatic carboxylic acids is 1. The fourth-order valence-corrected chi connectivity index (χ4v) is 4.51. The fraction of sp³-hybridized carbons (Fsp3) is 0.423. The Hall–Kier alpha value is -3.35. The molecule has 0 heterocycles. The highest BCUT2D eigenvalue weighted by atomic mass is 16.5. The maximum atomic E-state index is 12.3. The highest BCUT2D eigenvalue weighted by Gasteiger charge is 2.33. The molecule has 2 aliphatic carbocycles. The predicted octanol–water partition coefficient (Wildman–Crippen LogP) is 4.16. The molecule has 7 nitrogen and oxygen atoms in total. The second kappa shape index (κ2) is 10.5. The van der Waals surface area contributed by atoms with Gasteiger partial charge in [0, 0.05) is 24.9 Å². The molecule has 0 atom stereocenters. The Labute approximate surface area is 193 Å². The van der Waals surface area contributed by atoms with Crippen LogP contribution >= 0.6 is 0 Å². The van der Waals surface area contributed by atoms with E-state index in [-0.39, 0.29) is 31.0 Å². The summed E-state index contributed by atoms with van der Waals surface area (Å²) < 4.78 is 5.52. The van der Waals surface area contributed by atoms with Crippen LogP contribution in [0.4, 0.5) is 4.79 Å². The van der Waals surface area contributed by atoms with Crippen molar-refractivity contribution in [2.75, 3.05) is 19.7 Å². The van der Waals surface area contributed by atoms with Crippen LogP contribution in [0.25, 0.3) is 11.1 Å². The van der Waals surface area contributed by atoms with Crippen LogP contribution < -0.4 is 5.32 Å². The van der Waals surface area contributed by atoms with Gasteiger partial charge in [-0.25, -0.2) is 4.79 Å². The number of hydrogen-bond donors (Lipinski definition) is 2. The van der Waals surface area contributed by atoms with Crippen LogP contribution in [-0.4, -0.2) is 53.7 Å². The number of fused-ring (bicyclic) bond motifs is 3. The summed E-state index contributed by atoms with van der Waals surface area (Å²) in [6, 6.07) is 16.5. The molecular weight excluding hydrogens is 420 g/mol. The van der Waals surface area contributed by atoms with Gasteiger partial charge in [-0.05, 0) is 47.9 Å². The maximum Gasteiger partial charge on any atom is 0.407 e. The Morgan fingerprint density at radius 3 is 2.18 bits per heavy atom. The number of nitrogens with zero attached hydrogens (tertiary/aromatic N) is 1. The molecule has 2 amide bonds. The zero-order chi connectivity index (χ0) is 23.2. The van der Waals surface area contributed by atoms with Crippen LogP contribution in [0.3, 0.4) is 0 Å². The van der Waals surface area contributed by atoms with E-state index in [2.05, 4.69) is 29.6 Å². The molecule has 2 N–H and O–H groups in total. The molecule has 0 aliphatic heterocycles. The number of rotatable bonds is 11. The number of carbonyl (C=O) groups is 3. The monoisotopic (exact) mass is 450 g/mol. The van der Waals surface area contributed by atoms with Gasteiger partial charge in [0.2, 0.25) is 5.91 Å². The minimum absolute atomic E-state index is 0.0365. The number of unbranched alkanes of at least 4 members (excludes halogenated alkanes) is 2. The molecule has 0 aromatic heterocycles. The van der Waals surface area contributed by atoms with Crippen molar-refractivity contribution in [2.24, 2.45) is 0 Å². The Balaban J connectivity index is 1.15. The van der Waals surface area contributed by atoms with Gasteiger partial charge in [0.25, 0.3) is 0 Å². The van der Waals surface area contributed by atoms with E-state index in [1.807, 2.05) is 24.3 Å². The van der Waals surface area contributed by atoms with Gasteiger partial charge in [-0.1, -0.05) is 55.0 Å². The van der Waals surface area contributed by atoms with Crippen LogP contribution in [0.2, 0.25) is 0 Å². The SMILES string of the molecule is O=C(O)CN(C(=O)CCCCCNC(=O)OCC1c2ccccc2-c2ccccc21)C1CC1. The number of ether oxygens (including phenoxy) is 1. The molecule has 2 aliphatic rings. The molecular formula is C26H30N2O5. The van der Waals surface area contributed by atoms with Crippen LogP contribution in [0.15, 0.2) is 48.5 Å². The number of benzene rings is 2. The van der Waals surface area contributed by atoms with Gasteiger partial charge < -0.3 is 20.1 Å². The summed E-state index contributed by atoms with van der Waals surface area (Å²) in [7, 11) is 0. The Morgan fingerprint density at radius 1 is 0.939 bits per heavy atom. The molecule has 1 fully saturated rings. The number of alkyl carbamates (subject to hydrolysis) is 1. The maximum absolute atomic E-state index is 12.3. The van der Waals surface area contributed by atoms with Gasteiger partial charge >= 0.3 is 12.1 Å². The Bertz CT molecular complexity index is 972. The fourth-order valence-electron chi connectivity index (χ4n) is 4.51. The lowest BCUT2D eigenvalue weighted by molar-refractivity contribution is -0.145. The molecule has 2 aromatic rings. The second-order valence-electron chi connectivity index (χ2n) is 8.71. The highest BCUT2D eigenvalue weighted by Crippen LogP contribution is 2.44. The highest BCUT2D eigenvalue weighted by molar-refractivity contribution is 5.82. The van der Waals surface area contributed by atoms with Crippen molar-refractivity contribution >= 4 is 18.0 Å². The zero-order valence-corrected chi connectivity index (χ0v) is 18.7. The largest absolute Gasteiger partial charge is 0.480 e. The third kappa shape index (κ3) is 5.72. The smallest absolute Gasteiger partial charge is 0.407 e. The standard InChI is InChI=1S/C26H30N2O5/c29-24(28(16-25(30)31)18-13-14-18)12-2-1-7-15-27-26(32)33-17-23-21-10-5-3-8-19(21)20-9-4-6-11-22(20)23/h3-6,8-11,18,23H,1-2,7,12-17H2,(H,27,32)(H,30,31). The van der Waals surface area contributed by atoms with E-state index in [1.54, 1.807) is 0 Å². The molecule has 0 saturated heterocycles. The number of hydrogen-bond acceptors (Lipinski definition) is 4. The van der Waals surface area contributed by atoms with E-state index < -0.39 is 12.1 Å². The number of nitrogens with one attached hydrogen (secondary N) is 1. The normalized spacial score (nSPS) is 14.3. The molecule has 174 valence electrons. The summed E-state index contributed by atoms with van der Waals surface area (Å²) in [5.41, 5.74) is 4.75. The van der Waals surface area contributed by atoms with E-state index in [4.69, 9.17) is 9.84 Å². The van der Waals surface area contributed by atoms with Gasteiger partial charge in [0.1, 0.15) is 13.2 Å². The first-order chi connectivity index (χ1) is 16.0. The number of carboxylic acids is 1. The summed E-state index contributed by atoms with van der Waals surface area (Å²) in [4.78, 5) is 36.9. The molecule has 1 saturated carbocycles. The summed E-state index contributed by atoms with van der Waals surface area (Å²) in [5, 5.41) is 11.8. The average molecular weight is 451 g/mol. The first-order valence-electron chi connectivity index (χ1n) is 11.6. The molecule has 2 aromatic carbocycles. The van der Waals surface area contributed by atoms with Crippen molar-refractivity contribution in [2.45, 2.75) is 50.5 Å². The predicted molar refractivity (Wildman–Crippen MR) is 124 cm³/mol. The quantitative estimate of drug-likeness (QED) is 0.501. The van der Waals surface area contributed by atoms with Crippen molar-refractivity contribution in [1.29, 1.82) is 0 Å². The summed E-state index contributed by atoms with van der Waals surface area (Å²) in [6.45, 7) is 0.550. The van der Waals surface area contributed by atoms with Crippen LogP contribution in [0.1, 0.15) is 55.6 Å². The van der Waals surface area contributed by atoms with Crippen molar-refractivity contribution in [3.8, 4) is 11.1 Å². The van der Waals surface area contributed by atoms with E-state index in [0.29, 0.717) is 19.4 Å². The van der Waals surface area contributed by atoms with Crippen LogP contribution in [0, 0.1) is 0 Å². The molecule has 7 heteroatoms. The van der Waals surface area contributed by atoms with Crippen molar-refractivity contribution in [3.05, 3.63) is 59.7 Å². The lowest BCUT2D eigenvalue weighted by atomic mass is 9.98. The van der Waals surface area contributed by atoms with Crippen molar-refractivity contribution in [1.82, 2.24) is 10.2 Å². The van der Waals surface area contributed by atoms with E-state index in [1.165, 1.54) is 27.2 Å². The van der Waals surface area contributed by atoms with Gasteiger partial charge in [-0.15, -0.1) is 0 Å². The lowest BCUT2D eigenvalue weighted by Crippen LogP contribution is -2.37. The van der Waals surface area contributed by atoms with E-state index in [9.17, 15) is 14.4 Å². The van der Waals surface area contributed by atoms with Gasteiger partial charge in [-0.3, -0.25) is 9.59 Å². The third-order valence-corrected chi connectivity index (χ3v) is 6.29. The second-order valence-corrected chi connectivity index (χ2v) is 8.71.